The number of rotatable bonds is 8. The third kappa shape index (κ3) is 4.76. The molecule has 1 amide bonds. The van der Waals surface area contributed by atoms with Gasteiger partial charge in [-0.05, 0) is 32.0 Å². The van der Waals surface area contributed by atoms with E-state index in [0.29, 0.717) is 0 Å². The number of amides is 1. The number of methoxy groups -OCH3 is 1. The number of ether oxygens (including phenoxy) is 1. The fourth-order valence-electron chi connectivity index (χ4n) is 1.82. The minimum atomic E-state index is -3.74. The number of carbonyl (C=O) groups excluding carboxylic acids is 1. The maximum Gasteiger partial charge on any atom is 0.328 e. The smallest absolute Gasteiger partial charge is 0.328 e. The van der Waals surface area contributed by atoms with E-state index < -0.39 is 27.9 Å². The highest BCUT2D eigenvalue weighted by Crippen LogP contribution is 2.18. The summed E-state index contributed by atoms with van der Waals surface area (Å²) in [6, 6.07) is 3.98. The monoisotopic (exact) mass is 358 g/mol. The van der Waals surface area contributed by atoms with E-state index in [0.717, 1.165) is 0 Å². The quantitative estimate of drug-likeness (QED) is 0.701. The van der Waals surface area contributed by atoms with Crippen LogP contribution in [0.1, 0.15) is 24.2 Å². The zero-order valence-corrected chi connectivity index (χ0v) is 14.8. The molecule has 9 heteroatoms. The maximum atomic E-state index is 12.5. The van der Waals surface area contributed by atoms with Gasteiger partial charge in [-0.2, -0.15) is 4.31 Å². The Labute approximate surface area is 141 Å². The summed E-state index contributed by atoms with van der Waals surface area (Å²) < 4.78 is 30.9. The Morgan fingerprint density at radius 3 is 2.46 bits per heavy atom. The van der Waals surface area contributed by atoms with Gasteiger partial charge in [-0.1, -0.05) is 6.07 Å². The van der Waals surface area contributed by atoms with Gasteiger partial charge in [0.2, 0.25) is 10.0 Å². The van der Waals surface area contributed by atoms with Crippen LogP contribution in [0.4, 0.5) is 0 Å². The summed E-state index contributed by atoms with van der Waals surface area (Å²) in [5, 5.41) is 11.3. The highest BCUT2D eigenvalue weighted by Gasteiger charge is 2.25. The molecule has 0 bridgehead atoms. The van der Waals surface area contributed by atoms with E-state index in [4.69, 9.17) is 9.84 Å². The number of hydrogen-bond donors (Lipinski definition) is 2. The molecule has 0 saturated heterocycles. The van der Waals surface area contributed by atoms with Crippen molar-refractivity contribution in [2.75, 3.05) is 20.8 Å². The Hall–Kier alpha value is -1.97. The molecular weight excluding hydrogens is 336 g/mol. The molecule has 2 N–H and O–H groups in total. The van der Waals surface area contributed by atoms with Crippen molar-refractivity contribution in [3.63, 3.8) is 0 Å². The number of carboxylic acid groups (broad SMARTS) is 1. The largest absolute Gasteiger partial charge is 0.480 e. The van der Waals surface area contributed by atoms with Crippen molar-refractivity contribution in [3.05, 3.63) is 29.8 Å². The van der Waals surface area contributed by atoms with E-state index in [1.165, 1.54) is 42.7 Å². The third-order valence-electron chi connectivity index (χ3n) is 3.44. The number of carbonyl (C=O) groups is 2. The van der Waals surface area contributed by atoms with Crippen LogP contribution in [0.15, 0.2) is 29.2 Å². The molecule has 1 rings (SSSR count). The molecule has 1 atom stereocenters. The van der Waals surface area contributed by atoms with Crippen LogP contribution in [0.2, 0.25) is 0 Å². The average Bonchev–Trinajstić information content (AvgIpc) is 2.53. The van der Waals surface area contributed by atoms with Gasteiger partial charge in [0.25, 0.3) is 5.91 Å². The van der Waals surface area contributed by atoms with Crippen molar-refractivity contribution in [1.29, 1.82) is 0 Å². The highest BCUT2D eigenvalue weighted by atomic mass is 32.2. The molecule has 0 aliphatic heterocycles. The summed E-state index contributed by atoms with van der Waals surface area (Å²) in [4.78, 5) is 23.2. The van der Waals surface area contributed by atoms with Crippen LogP contribution in [0.3, 0.4) is 0 Å². The number of sulfonamides is 1. The lowest BCUT2D eigenvalue weighted by Crippen LogP contribution is -2.43. The Morgan fingerprint density at radius 2 is 1.96 bits per heavy atom. The molecule has 0 heterocycles. The van der Waals surface area contributed by atoms with E-state index in [1.807, 2.05) is 0 Å². The zero-order chi connectivity index (χ0) is 18.5. The van der Waals surface area contributed by atoms with Crippen molar-refractivity contribution < 1.29 is 27.9 Å². The predicted octanol–water partition coefficient (Wildman–Crippen LogP) is 0.545. The first kappa shape index (κ1) is 20.1. The lowest BCUT2D eigenvalue weighted by Gasteiger charge is -2.21. The number of nitrogens with zero attached hydrogens (tertiary/aromatic N) is 1. The number of nitrogens with one attached hydrogen (secondary N) is 1. The van der Waals surface area contributed by atoms with Crippen LogP contribution in [0, 0.1) is 0 Å². The fraction of sp³-hybridized carbons (Fsp3) is 0.467. The molecule has 24 heavy (non-hydrogen) atoms. The normalized spacial score (nSPS) is 13.1. The summed E-state index contributed by atoms with van der Waals surface area (Å²) in [6.45, 7) is 3.27. The van der Waals surface area contributed by atoms with Gasteiger partial charge in [0.1, 0.15) is 0 Å². The number of hydrogen-bond acceptors (Lipinski definition) is 5. The van der Waals surface area contributed by atoms with Gasteiger partial charge in [-0.25, -0.2) is 13.2 Å². The lowest BCUT2D eigenvalue weighted by atomic mass is 10.2. The van der Waals surface area contributed by atoms with Crippen LogP contribution in [-0.4, -0.2) is 62.6 Å². The van der Waals surface area contributed by atoms with Crippen molar-refractivity contribution in [2.24, 2.45) is 0 Å². The molecule has 0 saturated carbocycles. The summed E-state index contributed by atoms with van der Waals surface area (Å²) >= 11 is 0. The first-order valence-electron chi connectivity index (χ1n) is 7.22. The second-order valence-electron chi connectivity index (χ2n) is 5.46. The molecule has 0 aromatic heterocycles. The number of benzene rings is 1. The van der Waals surface area contributed by atoms with E-state index >= 15 is 0 Å². The standard InChI is InChI=1S/C15H22N2O6S/c1-10(2)17(3)24(21,22)12-7-5-6-11(8-12)14(18)16-13(9-23-4)15(19)20/h5-8,10,13H,9H2,1-4H3,(H,16,18)(H,19,20). The molecule has 1 aromatic rings. The third-order valence-corrected chi connectivity index (χ3v) is 5.47. The van der Waals surface area contributed by atoms with Crippen molar-refractivity contribution in [1.82, 2.24) is 9.62 Å². The predicted molar refractivity (Wildman–Crippen MR) is 87.3 cm³/mol. The van der Waals surface area contributed by atoms with Gasteiger partial charge >= 0.3 is 5.97 Å². The van der Waals surface area contributed by atoms with Gasteiger partial charge in [-0.3, -0.25) is 4.79 Å². The molecule has 1 aromatic carbocycles. The minimum absolute atomic E-state index is 0.0371. The second kappa shape index (κ2) is 8.22. The van der Waals surface area contributed by atoms with E-state index in [1.54, 1.807) is 13.8 Å². The average molecular weight is 358 g/mol. The van der Waals surface area contributed by atoms with Gasteiger partial charge < -0.3 is 15.2 Å². The zero-order valence-electron chi connectivity index (χ0n) is 14.0. The summed E-state index contributed by atoms with van der Waals surface area (Å²) in [6.07, 6.45) is 0. The van der Waals surface area contributed by atoms with Gasteiger partial charge in [0.15, 0.2) is 6.04 Å². The first-order valence-corrected chi connectivity index (χ1v) is 8.66. The second-order valence-corrected chi connectivity index (χ2v) is 7.46. The molecule has 8 nitrogen and oxygen atoms in total. The van der Waals surface area contributed by atoms with E-state index in [2.05, 4.69) is 5.32 Å². The Balaban J connectivity index is 3.08. The van der Waals surface area contributed by atoms with Gasteiger partial charge in [0, 0.05) is 25.8 Å². The number of aliphatic carboxylic acids is 1. The Morgan fingerprint density at radius 1 is 1.33 bits per heavy atom. The van der Waals surface area contributed by atoms with Crippen LogP contribution in [0.25, 0.3) is 0 Å². The summed E-state index contributed by atoms with van der Waals surface area (Å²) in [7, 11) is -0.970. The molecule has 0 aliphatic carbocycles. The van der Waals surface area contributed by atoms with E-state index in [-0.39, 0.29) is 23.1 Å². The summed E-state index contributed by atoms with van der Waals surface area (Å²) in [5.41, 5.74) is 0.0515. The van der Waals surface area contributed by atoms with Crippen LogP contribution in [0.5, 0.6) is 0 Å². The minimum Gasteiger partial charge on any atom is -0.480 e. The number of carboxylic acids is 1. The molecule has 0 spiro atoms. The van der Waals surface area contributed by atoms with Gasteiger partial charge in [0.05, 0.1) is 11.5 Å². The van der Waals surface area contributed by atoms with Crippen LogP contribution < -0.4 is 5.32 Å². The lowest BCUT2D eigenvalue weighted by molar-refractivity contribution is -0.140. The Bertz CT molecular complexity index is 702. The fourth-order valence-corrected chi connectivity index (χ4v) is 3.24. The Kier molecular flexibility index (Phi) is 6.88. The van der Waals surface area contributed by atoms with Crippen molar-refractivity contribution >= 4 is 21.9 Å². The molecule has 0 radical (unpaired) electrons. The molecule has 134 valence electrons. The molecule has 1 unspecified atom stereocenters. The molecule has 0 fully saturated rings. The maximum absolute atomic E-state index is 12.5. The molecule has 0 aliphatic rings. The van der Waals surface area contributed by atoms with Crippen LogP contribution >= 0.6 is 0 Å². The summed E-state index contributed by atoms with van der Waals surface area (Å²) in [5.74, 6) is -1.93. The van der Waals surface area contributed by atoms with Crippen molar-refractivity contribution in [2.45, 2.75) is 30.8 Å². The SMILES string of the molecule is COCC(NC(=O)c1cccc(S(=O)(=O)N(C)C(C)C)c1)C(=O)O. The highest BCUT2D eigenvalue weighted by molar-refractivity contribution is 7.89. The topological polar surface area (TPSA) is 113 Å². The van der Waals surface area contributed by atoms with E-state index in [9.17, 15) is 18.0 Å². The van der Waals surface area contributed by atoms with Crippen LogP contribution in [-0.2, 0) is 19.6 Å². The van der Waals surface area contributed by atoms with Gasteiger partial charge in [-0.15, -0.1) is 0 Å². The van der Waals surface area contributed by atoms with Crippen molar-refractivity contribution in [3.8, 4) is 0 Å². The molecular formula is C15H22N2O6S. The first-order chi connectivity index (χ1) is 11.1.